The summed E-state index contributed by atoms with van der Waals surface area (Å²) in [5, 5.41) is 11.1. The highest BCUT2D eigenvalue weighted by Crippen LogP contribution is 2.03. The monoisotopic (exact) mass is 264 g/mol. The van der Waals surface area contributed by atoms with E-state index in [1.54, 1.807) is 0 Å². The number of benzene rings is 1. The molecule has 1 aromatic heterocycles. The van der Waals surface area contributed by atoms with Crippen molar-refractivity contribution >= 4 is 18.6 Å². The number of carbonyl (C=O) groups excluding carboxylic acids is 1. The van der Waals surface area contributed by atoms with Gasteiger partial charge in [-0.3, -0.25) is 4.79 Å². The van der Waals surface area contributed by atoms with Crippen molar-refractivity contribution in [3.8, 4) is 0 Å². The highest BCUT2D eigenvalue weighted by Gasteiger charge is 2.07. The summed E-state index contributed by atoms with van der Waals surface area (Å²) >= 11 is 4.04. The van der Waals surface area contributed by atoms with Crippen molar-refractivity contribution in [1.82, 2.24) is 20.2 Å². The topological polar surface area (TPSA) is 69.9 Å². The van der Waals surface area contributed by atoms with Crippen molar-refractivity contribution in [1.29, 1.82) is 0 Å². The largest absolute Gasteiger partial charge is 0.461 e. The summed E-state index contributed by atoms with van der Waals surface area (Å²) < 4.78 is 6.56. The first-order valence-corrected chi connectivity index (χ1v) is 5.85. The molecule has 0 aliphatic heterocycles. The predicted octanol–water partition coefficient (Wildman–Crippen LogP) is 1.10. The van der Waals surface area contributed by atoms with Gasteiger partial charge in [0.25, 0.3) is 0 Å². The average molecular weight is 264 g/mol. The third-order valence-electron chi connectivity index (χ3n) is 2.28. The number of aromatic nitrogens is 4. The normalized spacial score (nSPS) is 10.3. The van der Waals surface area contributed by atoms with Gasteiger partial charge in [-0.05, 0) is 16.0 Å². The molecule has 0 unspecified atom stereocenters. The second kappa shape index (κ2) is 6.15. The minimum absolute atomic E-state index is 0.214. The maximum Gasteiger partial charge on any atom is 0.308 e. The van der Waals surface area contributed by atoms with Crippen LogP contribution in [0.3, 0.4) is 0 Å². The first kappa shape index (κ1) is 12.6. The lowest BCUT2D eigenvalue weighted by Crippen LogP contribution is -2.10. The zero-order valence-electron chi connectivity index (χ0n) is 9.56. The Hall–Kier alpha value is -1.89. The maximum atomic E-state index is 11.5. The van der Waals surface area contributed by atoms with Crippen LogP contribution in [-0.2, 0) is 22.7 Å². The Morgan fingerprint density at radius 2 is 2.11 bits per heavy atom. The van der Waals surface area contributed by atoms with Crippen molar-refractivity contribution in [2.75, 3.05) is 0 Å². The van der Waals surface area contributed by atoms with E-state index in [1.165, 1.54) is 4.68 Å². The van der Waals surface area contributed by atoms with Crippen molar-refractivity contribution in [3.05, 3.63) is 35.9 Å². The van der Waals surface area contributed by atoms with E-state index in [0.717, 1.165) is 5.56 Å². The first-order valence-electron chi connectivity index (χ1n) is 5.40. The summed E-state index contributed by atoms with van der Waals surface area (Å²) in [5.41, 5.74) is 0.961. The summed E-state index contributed by atoms with van der Waals surface area (Å²) in [6, 6.07) is 9.52. The molecular weight excluding hydrogens is 252 g/mol. The minimum Gasteiger partial charge on any atom is -0.461 e. The molecule has 0 aliphatic carbocycles. The fraction of sp³-hybridized carbons (Fsp3) is 0.273. The van der Waals surface area contributed by atoms with Crippen LogP contribution >= 0.6 is 12.6 Å². The lowest BCUT2D eigenvalue weighted by atomic mass is 10.2. The number of esters is 1. The zero-order valence-corrected chi connectivity index (χ0v) is 10.5. The van der Waals surface area contributed by atoms with Crippen molar-refractivity contribution in [2.45, 2.75) is 24.7 Å². The number of thiol groups is 1. The fourth-order valence-electron chi connectivity index (χ4n) is 1.35. The van der Waals surface area contributed by atoms with Gasteiger partial charge in [-0.2, -0.15) is 0 Å². The van der Waals surface area contributed by atoms with E-state index >= 15 is 0 Å². The van der Waals surface area contributed by atoms with Crippen LogP contribution in [0.15, 0.2) is 35.5 Å². The van der Waals surface area contributed by atoms with Crippen LogP contribution < -0.4 is 0 Å². The number of rotatable bonds is 5. The van der Waals surface area contributed by atoms with Gasteiger partial charge in [0.15, 0.2) is 0 Å². The SMILES string of the molecule is O=C(CCn1nnnc1S)OCc1ccccc1. The molecule has 1 heterocycles. The average Bonchev–Trinajstić information content (AvgIpc) is 2.81. The van der Waals surface area contributed by atoms with E-state index in [0.29, 0.717) is 11.7 Å². The van der Waals surface area contributed by atoms with Gasteiger partial charge in [-0.25, -0.2) is 4.68 Å². The van der Waals surface area contributed by atoms with Gasteiger partial charge < -0.3 is 4.74 Å². The summed E-state index contributed by atoms with van der Waals surface area (Å²) in [6.07, 6.45) is 0.214. The van der Waals surface area contributed by atoms with E-state index in [9.17, 15) is 4.79 Å². The Bertz CT molecular complexity index is 515. The Kier molecular flexibility index (Phi) is 4.30. The van der Waals surface area contributed by atoms with Gasteiger partial charge >= 0.3 is 5.97 Å². The van der Waals surface area contributed by atoms with Crippen LogP contribution in [0.1, 0.15) is 12.0 Å². The molecular formula is C11H12N4O2S. The Labute approximate surface area is 109 Å². The maximum absolute atomic E-state index is 11.5. The molecule has 0 spiro atoms. The molecule has 0 fully saturated rings. The molecule has 0 saturated carbocycles. The molecule has 0 radical (unpaired) electrons. The molecule has 0 saturated heterocycles. The molecule has 0 amide bonds. The van der Waals surface area contributed by atoms with E-state index in [2.05, 4.69) is 28.2 Å². The molecule has 7 heteroatoms. The van der Waals surface area contributed by atoms with Gasteiger partial charge in [-0.1, -0.05) is 30.3 Å². The standard InChI is InChI=1S/C11H12N4O2S/c16-10(6-7-15-11(18)12-13-14-15)17-8-9-4-2-1-3-5-9/h1-5H,6-8H2,(H,12,14,18). The number of aryl methyl sites for hydroxylation is 1. The molecule has 2 rings (SSSR count). The summed E-state index contributed by atoms with van der Waals surface area (Å²) in [4.78, 5) is 11.5. The Morgan fingerprint density at radius 1 is 1.33 bits per heavy atom. The predicted molar refractivity (Wildman–Crippen MR) is 65.9 cm³/mol. The van der Waals surface area contributed by atoms with Crippen molar-refractivity contribution < 1.29 is 9.53 Å². The van der Waals surface area contributed by atoms with E-state index in [-0.39, 0.29) is 19.0 Å². The second-order valence-electron chi connectivity index (χ2n) is 3.60. The zero-order chi connectivity index (χ0) is 12.8. The molecule has 1 aromatic carbocycles. The third kappa shape index (κ3) is 3.56. The van der Waals surface area contributed by atoms with E-state index in [4.69, 9.17) is 4.74 Å². The first-order chi connectivity index (χ1) is 8.75. The number of hydrogen-bond donors (Lipinski definition) is 1. The molecule has 0 aliphatic rings. The van der Waals surface area contributed by atoms with Gasteiger partial charge in [0, 0.05) is 0 Å². The van der Waals surface area contributed by atoms with Crippen LogP contribution in [0.2, 0.25) is 0 Å². The lowest BCUT2D eigenvalue weighted by Gasteiger charge is -2.04. The van der Waals surface area contributed by atoms with Gasteiger partial charge in [-0.15, -0.1) is 17.7 Å². The smallest absolute Gasteiger partial charge is 0.308 e. The van der Waals surface area contributed by atoms with E-state index < -0.39 is 0 Å². The molecule has 0 bridgehead atoms. The molecule has 0 N–H and O–H groups in total. The minimum atomic E-state index is -0.290. The van der Waals surface area contributed by atoms with Crippen LogP contribution in [0, 0.1) is 0 Å². The number of nitrogens with zero attached hydrogens (tertiary/aromatic N) is 4. The number of tetrazole rings is 1. The summed E-state index contributed by atoms with van der Waals surface area (Å²) in [5.74, 6) is -0.290. The van der Waals surface area contributed by atoms with Crippen LogP contribution in [0.4, 0.5) is 0 Å². The Morgan fingerprint density at radius 3 is 2.78 bits per heavy atom. The van der Waals surface area contributed by atoms with Gasteiger partial charge in [0.2, 0.25) is 5.16 Å². The van der Waals surface area contributed by atoms with Crippen LogP contribution in [0.25, 0.3) is 0 Å². The molecule has 94 valence electrons. The summed E-state index contributed by atoms with van der Waals surface area (Å²) in [7, 11) is 0. The fourth-order valence-corrected chi connectivity index (χ4v) is 1.53. The highest BCUT2D eigenvalue weighted by atomic mass is 32.1. The van der Waals surface area contributed by atoms with Crippen LogP contribution in [-0.4, -0.2) is 26.2 Å². The van der Waals surface area contributed by atoms with Gasteiger partial charge in [0.1, 0.15) is 6.61 Å². The summed E-state index contributed by atoms with van der Waals surface area (Å²) in [6.45, 7) is 0.641. The molecule has 18 heavy (non-hydrogen) atoms. The number of hydrogen-bond acceptors (Lipinski definition) is 6. The van der Waals surface area contributed by atoms with Crippen LogP contribution in [0.5, 0.6) is 0 Å². The molecule has 6 nitrogen and oxygen atoms in total. The quantitative estimate of drug-likeness (QED) is 0.646. The second-order valence-corrected chi connectivity index (χ2v) is 4.00. The van der Waals surface area contributed by atoms with Crippen molar-refractivity contribution in [2.24, 2.45) is 0 Å². The molecule has 2 aromatic rings. The van der Waals surface area contributed by atoms with Crippen molar-refractivity contribution in [3.63, 3.8) is 0 Å². The Balaban J connectivity index is 1.75. The number of ether oxygens (including phenoxy) is 1. The number of carbonyl (C=O) groups is 1. The molecule has 0 atom stereocenters. The lowest BCUT2D eigenvalue weighted by molar-refractivity contribution is -0.145. The van der Waals surface area contributed by atoms with Gasteiger partial charge in [0.05, 0.1) is 13.0 Å². The third-order valence-corrected chi connectivity index (χ3v) is 2.60. The van der Waals surface area contributed by atoms with E-state index in [1.807, 2.05) is 30.3 Å². The highest BCUT2D eigenvalue weighted by molar-refractivity contribution is 7.80.